The second-order valence-electron chi connectivity index (χ2n) is 5.77. The van der Waals surface area contributed by atoms with Crippen LogP contribution in [0.15, 0.2) is 29.2 Å². The normalized spacial score (nSPS) is 11.2. The van der Waals surface area contributed by atoms with Crippen molar-refractivity contribution in [3.05, 3.63) is 51.0 Å². The molecular formula is C16H15FN4O2S. The number of anilines is 1. The predicted octanol–water partition coefficient (Wildman–Crippen LogP) is 2.97. The molecule has 0 aliphatic heterocycles. The SMILES string of the molecule is CC(C)Cc1nnc(NC(=O)c2c[nH]c3ccc(F)cc3c2=O)s1. The highest BCUT2D eigenvalue weighted by atomic mass is 32.1. The minimum absolute atomic E-state index is 0.103. The van der Waals surface area contributed by atoms with Gasteiger partial charge < -0.3 is 4.98 Å². The van der Waals surface area contributed by atoms with E-state index in [1.54, 1.807) is 0 Å². The summed E-state index contributed by atoms with van der Waals surface area (Å²) in [7, 11) is 0. The van der Waals surface area contributed by atoms with Crippen molar-refractivity contribution in [2.45, 2.75) is 20.3 Å². The average molecular weight is 346 g/mol. The number of benzene rings is 1. The number of carbonyl (C=O) groups excluding carboxylic acids is 1. The Bertz CT molecular complexity index is 964. The fourth-order valence-electron chi connectivity index (χ4n) is 2.26. The Morgan fingerprint density at radius 2 is 2.17 bits per heavy atom. The van der Waals surface area contributed by atoms with E-state index in [4.69, 9.17) is 0 Å². The number of pyridine rings is 1. The smallest absolute Gasteiger partial charge is 0.262 e. The first kappa shape index (κ1) is 16.3. The first-order valence-electron chi connectivity index (χ1n) is 7.38. The number of nitrogens with one attached hydrogen (secondary N) is 2. The third kappa shape index (κ3) is 3.33. The monoisotopic (exact) mass is 346 g/mol. The first-order chi connectivity index (χ1) is 11.4. The highest BCUT2D eigenvalue weighted by Crippen LogP contribution is 2.19. The highest BCUT2D eigenvalue weighted by Gasteiger charge is 2.16. The molecule has 0 radical (unpaired) electrons. The van der Waals surface area contributed by atoms with Crippen LogP contribution < -0.4 is 10.7 Å². The number of halogens is 1. The summed E-state index contributed by atoms with van der Waals surface area (Å²) in [6.45, 7) is 4.13. The van der Waals surface area contributed by atoms with Gasteiger partial charge in [0.05, 0.1) is 0 Å². The summed E-state index contributed by atoms with van der Waals surface area (Å²) < 4.78 is 13.3. The lowest BCUT2D eigenvalue weighted by Gasteiger charge is -2.03. The van der Waals surface area contributed by atoms with E-state index >= 15 is 0 Å². The molecule has 0 fully saturated rings. The Kier molecular flexibility index (Phi) is 4.39. The number of aromatic amines is 1. The number of nitrogens with zero attached hydrogens (tertiary/aromatic N) is 2. The maximum atomic E-state index is 13.3. The molecule has 3 rings (SSSR count). The molecule has 1 amide bonds. The number of aromatic nitrogens is 3. The van der Waals surface area contributed by atoms with Crippen LogP contribution in [0.1, 0.15) is 29.2 Å². The van der Waals surface area contributed by atoms with Crippen molar-refractivity contribution in [1.29, 1.82) is 0 Å². The largest absolute Gasteiger partial charge is 0.360 e. The van der Waals surface area contributed by atoms with Gasteiger partial charge in [0.1, 0.15) is 16.4 Å². The second-order valence-corrected chi connectivity index (χ2v) is 6.84. The van der Waals surface area contributed by atoms with Crippen LogP contribution in [0.4, 0.5) is 9.52 Å². The molecule has 2 aromatic heterocycles. The van der Waals surface area contributed by atoms with Gasteiger partial charge in [-0.15, -0.1) is 10.2 Å². The van der Waals surface area contributed by atoms with E-state index in [0.717, 1.165) is 17.5 Å². The van der Waals surface area contributed by atoms with E-state index in [9.17, 15) is 14.0 Å². The Morgan fingerprint density at radius 3 is 2.92 bits per heavy atom. The number of rotatable bonds is 4. The summed E-state index contributed by atoms with van der Waals surface area (Å²) in [5.41, 5.74) is -0.172. The van der Waals surface area contributed by atoms with Gasteiger partial charge in [0.25, 0.3) is 5.91 Å². The van der Waals surface area contributed by atoms with Gasteiger partial charge in [-0.1, -0.05) is 25.2 Å². The number of H-pyrrole nitrogens is 1. The molecule has 0 bridgehead atoms. The van der Waals surface area contributed by atoms with Gasteiger partial charge in [0, 0.05) is 23.5 Å². The summed E-state index contributed by atoms with van der Waals surface area (Å²) in [5, 5.41) is 11.7. The van der Waals surface area contributed by atoms with E-state index in [-0.39, 0.29) is 10.9 Å². The molecule has 0 spiro atoms. The van der Waals surface area contributed by atoms with Crippen LogP contribution in [0.3, 0.4) is 0 Å². The van der Waals surface area contributed by atoms with E-state index in [0.29, 0.717) is 16.6 Å². The second kappa shape index (κ2) is 6.48. The summed E-state index contributed by atoms with van der Waals surface area (Å²) in [6.07, 6.45) is 2.08. The fraction of sp³-hybridized carbons (Fsp3) is 0.250. The molecule has 2 N–H and O–H groups in total. The Morgan fingerprint density at radius 1 is 1.38 bits per heavy atom. The van der Waals surface area contributed by atoms with Gasteiger partial charge >= 0.3 is 0 Å². The molecule has 2 heterocycles. The first-order valence-corrected chi connectivity index (χ1v) is 8.20. The summed E-state index contributed by atoms with van der Waals surface area (Å²) >= 11 is 1.27. The van der Waals surface area contributed by atoms with Crippen molar-refractivity contribution in [2.24, 2.45) is 5.92 Å². The zero-order valence-electron chi connectivity index (χ0n) is 13.1. The van der Waals surface area contributed by atoms with Gasteiger partial charge in [0.15, 0.2) is 0 Å². The molecule has 1 aromatic carbocycles. The van der Waals surface area contributed by atoms with E-state index in [2.05, 4.69) is 34.3 Å². The van der Waals surface area contributed by atoms with Gasteiger partial charge in [-0.25, -0.2) is 4.39 Å². The molecule has 24 heavy (non-hydrogen) atoms. The van der Waals surface area contributed by atoms with Crippen molar-refractivity contribution in [2.75, 3.05) is 5.32 Å². The molecule has 0 saturated carbocycles. The lowest BCUT2D eigenvalue weighted by atomic mass is 10.1. The fourth-order valence-corrected chi connectivity index (χ4v) is 3.21. The number of carbonyl (C=O) groups is 1. The maximum absolute atomic E-state index is 13.3. The lowest BCUT2D eigenvalue weighted by Crippen LogP contribution is -2.22. The van der Waals surface area contributed by atoms with Gasteiger partial charge in [-0.05, 0) is 24.1 Å². The molecule has 0 unspecified atom stereocenters. The summed E-state index contributed by atoms with van der Waals surface area (Å²) in [5.74, 6) is -0.706. The number of hydrogen-bond acceptors (Lipinski definition) is 5. The minimum atomic E-state index is -0.602. The zero-order chi connectivity index (χ0) is 17.3. The van der Waals surface area contributed by atoms with Crippen LogP contribution in [-0.4, -0.2) is 21.1 Å². The van der Waals surface area contributed by atoms with Crippen LogP contribution in [0, 0.1) is 11.7 Å². The van der Waals surface area contributed by atoms with Crippen LogP contribution in [-0.2, 0) is 6.42 Å². The third-order valence-corrected chi connectivity index (χ3v) is 4.22. The lowest BCUT2D eigenvalue weighted by molar-refractivity contribution is 0.102. The summed E-state index contributed by atoms with van der Waals surface area (Å²) in [4.78, 5) is 27.5. The molecule has 3 aromatic rings. The molecule has 0 aliphatic carbocycles. The van der Waals surface area contributed by atoms with Crippen molar-refractivity contribution >= 4 is 33.3 Å². The molecule has 6 nitrogen and oxygen atoms in total. The third-order valence-electron chi connectivity index (χ3n) is 3.36. The van der Waals surface area contributed by atoms with Crippen LogP contribution in [0.5, 0.6) is 0 Å². The molecule has 0 aliphatic rings. The van der Waals surface area contributed by atoms with Gasteiger partial charge in [-0.2, -0.15) is 0 Å². The highest BCUT2D eigenvalue weighted by molar-refractivity contribution is 7.15. The molecule has 0 atom stereocenters. The van der Waals surface area contributed by atoms with Crippen LogP contribution in [0.25, 0.3) is 10.9 Å². The van der Waals surface area contributed by atoms with Crippen molar-refractivity contribution < 1.29 is 9.18 Å². The summed E-state index contributed by atoms with van der Waals surface area (Å²) in [6, 6.07) is 3.81. The predicted molar refractivity (Wildman–Crippen MR) is 90.9 cm³/mol. The van der Waals surface area contributed by atoms with Crippen LogP contribution >= 0.6 is 11.3 Å². The quantitative estimate of drug-likeness (QED) is 0.760. The topological polar surface area (TPSA) is 87.7 Å². The molecular weight excluding hydrogens is 331 g/mol. The Balaban J connectivity index is 1.87. The van der Waals surface area contributed by atoms with E-state index < -0.39 is 17.2 Å². The Hall–Kier alpha value is -2.61. The van der Waals surface area contributed by atoms with E-state index in [1.807, 2.05) is 0 Å². The molecule has 0 saturated heterocycles. The van der Waals surface area contributed by atoms with Crippen molar-refractivity contribution in [3.8, 4) is 0 Å². The number of amides is 1. The number of fused-ring (bicyclic) bond motifs is 1. The van der Waals surface area contributed by atoms with Crippen molar-refractivity contribution in [3.63, 3.8) is 0 Å². The van der Waals surface area contributed by atoms with E-state index in [1.165, 1.54) is 29.7 Å². The number of hydrogen-bond donors (Lipinski definition) is 2. The standard InChI is InChI=1S/C16H15FN4O2S/c1-8(2)5-13-20-21-16(24-13)19-15(23)11-7-18-12-4-3-9(17)6-10(12)14(11)22/h3-4,6-8H,5H2,1-2H3,(H,18,22)(H,19,21,23). The Labute approximate surface area is 140 Å². The van der Waals surface area contributed by atoms with Gasteiger partial charge in [0.2, 0.25) is 10.6 Å². The van der Waals surface area contributed by atoms with Crippen LogP contribution in [0.2, 0.25) is 0 Å². The minimum Gasteiger partial charge on any atom is -0.360 e. The maximum Gasteiger partial charge on any atom is 0.262 e. The average Bonchev–Trinajstić information content (AvgIpc) is 2.94. The van der Waals surface area contributed by atoms with Crippen molar-refractivity contribution in [1.82, 2.24) is 15.2 Å². The van der Waals surface area contributed by atoms with Gasteiger partial charge in [-0.3, -0.25) is 14.9 Å². The zero-order valence-corrected chi connectivity index (χ0v) is 13.9. The molecule has 124 valence electrons. The molecule has 8 heteroatoms.